The summed E-state index contributed by atoms with van der Waals surface area (Å²) >= 11 is 0. The van der Waals surface area contributed by atoms with Gasteiger partial charge in [-0.25, -0.2) is 0 Å². The van der Waals surface area contributed by atoms with Crippen LogP contribution in [-0.4, -0.2) is 9.78 Å². The van der Waals surface area contributed by atoms with E-state index in [0.717, 1.165) is 12.8 Å². The van der Waals surface area contributed by atoms with E-state index in [1.807, 2.05) is 6.20 Å². The number of nitriles is 1. The third-order valence-electron chi connectivity index (χ3n) is 4.68. The van der Waals surface area contributed by atoms with Gasteiger partial charge in [0.1, 0.15) is 0 Å². The van der Waals surface area contributed by atoms with E-state index in [1.54, 1.807) is 0 Å². The van der Waals surface area contributed by atoms with Gasteiger partial charge in [-0.2, -0.15) is 10.4 Å². The Bertz CT molecular complexity index is 452. The first-order valence-electron chi connectivity index (χ1n) is 6.57. The van der Waals surface area contributed by atoms with Crippen molar-refractivity contribution in [3.63, 3.8) is 0 Å². The standard InChI is InChI=1S/C14H19N3/c1-12-8-16-17(9-12)14(6-7-15)10-13(11-14)4-2-3-5-13/h8-9H,2-6,10-11H2,1H3. The summed E-state index contributed by atoms with van der Waals surface area (Å²) in [6.07, 6.45) is 12.4. The smallest absolute Gasteiger partial charge is 0.0767 e. The van der Waals surface area contributed by atoms with Gasteiger partial charge in [-0.05, 0) is 43.6 Å². The van der Waals surface area contributed by atoms with Crippen molar-refractivity contribution in [2.75, 3.05) is 0 Å². The second kappa shape index (κ2) is 3.60. The van der Waals surface area contributed by atoms with E-state index in [1.165, 1.54) is 31.2 Å². The second-order valence-corrected chi connectivity index (χ2v) is 6.08. The van der Waals surface area contributed by atoms with Crippen molar-refractivity contribution >= 4 is 0 Å². The molecular weight excluding hydrogens is 210 g/mol. The molecule has 2 fully saturated rings. The van der Waals surface area contributed by atoms with Crippen molar-refractivity contribution in [2.45, 2.75) is 57.4 Å². The highest BCUT2D eigenvalue weighted by Gasteiger charge is 2.56. The molecule has 2 saturated carbocycles. The van der Waals surface area contributed by atoms with E-state index in [-0.39, 0.29) is 5.54 Å². The monoisotopic (exact) mass is 229 g/mol. The Labute approximate surface area is 102 Å². The number of nitrogens with zero attached hydrogens (tertiary/aromatic N) is 3. The molecule has 0 unspecified atom stereocenters. The number of aromatic nitrogens is 2. The summed E-state index contributed by atoms with van der Waals surface area (Å²) in [5.41, 5.74) is 1.75. The molecule has 0 atom stereocenters. The first-order chi connectivity index (χ1) is 8.18. The molecule has 1 spiro atoms. The molecule has 1 aromatic heterocycles. The van der Waals surface area contributed by atoms with Crippen LogP contribution < -0.4 is 0 Å². The van der Waals surface area contributed by atoms with E-state index in [0.29, 0.717) is 11.8 Å². The topological polar surface area (TPSA) is 41.6 Å². The Morgan fingerprint density at radius 3 is 2.65 bits per heavy atom. The fourth-order valence-corrected chi connectivity index (χ4v) is 4.01. The van der Waals surface area contributed by atoms with Crippen LogP contribution in [0, 0.1) is 23.7 Å². The maximum absolute atomic E-state index is 9.08. The highest BCUT2D eigenvalue weighted by Crippen LogP contribution is 2.62. The lowest BCUT2D eigenvalue weighted by Gasteiger charge is -2.54. The first-order valence-corrected chi connectivity index (χ1v) is 6.57. The van der Waals surface area contributed by atoms with Crippen LogP contribution in [0.25, 0.3) is 0 Å². The van der Waals surface area contributed by atoms with Crippen LogP contribution in [0.1, 0.15) is 50.5 Å². The van der Waals surface area contributed by atoms with Gasteiger partial charge in [0.25, 0.3) is 0 Å². The Morgan fingerprint density at radius 2 is 2.12 bits per heavy atom. The summed E-state index contributed by atoms with van der Waals surface area (Å²) in [4.78, 5) is 0. The molecule has 1 heterocycles. The predicted octanol–water partition coefficient (Wildman–Crippen LogP) is 3.15. The molecule has 90 valence electrons. The van der Waals surface area contributed by atoms with Gasteiger partial charge < -0.3 is 0 Å². The summed E-state index contributed by atoms with van der Waals surface area (Å²) in [5.74, 6) is 0. The molecule has 2 aliphatic rings. The fraction of sp³-hybridized carbons (Fsp3) is 0.714. The van der Waals surface area contributed by atoms with Crippen molar-refractivity contribution < 1.29 is 0 Å². The normalized spacial score (nSPS) is 24.5. The van der Waals surface area contributed by atoms with E-state index in [9.17, 15) is 0 Å². The average molecular weight is 229 g/mol. The van der Waals surface area contributed by atoms with Gasteiger partial charge in [-0.3, -0.25) is 4.68 Å². The largest absolute Gasteiger partial charge is 0.265 e. The third kappa shape index (κ3) is 1.58. The lowest BCUT2D eigenvalue weighted by Crippen LogP contribution is -2.52. The maximum atomic E-state index is 9.08. The first kappa shape index (κ1) is 10.8. The Balaban J connectivity index is 1.85. The van der Waals surface area contributed by atoms with Crippen LogP contribution in [0.3, 0.4) is 0 Å². The number of aryl methyl sites for hydroxylation is 1. The summed E-state index contributed by atoms with van der Waals surface area (Å²) in [6.45, 7) is 2.06. The maximum Gasteiger partial charge on any atom is 0.0767 e. The molecule has 17 heavy (non-hydrogen) atoms. The van der Waals surface area contributed by atoms with E-state index < -0.39 is 0 Å². The van der Waals surface area contributed by atoms with Gasteiger partial charge in [0.05, 0.1) is 24.2 Å². The summed E-state index contributed by atoms with van der Waals surface area (Å²) in [7, 11) is 0. The molecule has 3 rings (SSSR count). The SMILES string of the molecule is Cc1cnn(C2(CC#N)CC3(CCCC3)C2)c1. The Kier molecular flexibility index (Phi) is 2.29. The molecule has 0 N–H and O–H groups in total. The predicted molar refractivity (Wildman–Crippen MR) is 65.3 cm³/mol. The van der Waals surface area contributed by atoms with Crippen LogP contribution in [0.4, 0.5) is 0 Å². The van der Waals surface area contributed by atoms with Crippen molar-refractivity contribution in [1.29, 1.82) is 5.26 Å². The molecular formula is C14H19N3. The Hall–Kier alpha value is -1.30. The summed E-state index contributed by atoms with van der Waals surface area (Å²) in [5, 5.41) is 13.5. The lowest BCUT2D eigenvalue weighted by molar-refractivity contribution is -0.0300. The van der Waals surface area contributed by atoms with Gasteiger partial charge in [-0.15, -0.1) is 0 Å². The summed E-state index contributed by atoms with van der Waals surface area (Å²) in [6, 6.07) is 2.36. The van der Waals surface area contributed by atoms with Gasteiger partial charge in [0.15, 0.2) is 0 Å². The van der Waals surface area contributed by atoms with E-state index in [2.05, 4.69) is 29.0 Å². The molecule has 3 heteroatoms. The van der Waals surface area contributed by atoms with Crippen LogP contribution in [0.2, 0.25) is 0 Å². The zero-order valence-electron chi connectivity index (χ0n) is 10.4. The zero-order chi connectivity index (χ0) is 11.9. The van der Waals surface area contributed by atoms with E-state index >= 15 is 0 Å². The lowest BCUT2D eigenvalue weighted by atomic mass is 9.55. The molecule has 0 aliphatic heterocycles. The molecule has 0 bridgehead atoms. The highest BCUT2D eigenvalue weighted by molar-refractivity contribution is 5.13. The number of hydrogen-bond acceptors (Lipinski definition) is 2. The van der Waals surface area contributed by atoms with Crippen LogP contribution in [-0.2, 0) is 5.54 Å². The molecule has 3 nitrogen and oxygen atoms in total. The summed E-state index contributed by atoms with van der Waals surface area (Å²) < 4.78 is 2.06. The molecule has 2 aliphatic carbocycles. The van der Waals surface area contributed by atoms with Crippen molar-refractivity contribution in [3.05, 3.63) is 18.0 Å². The van der Waals surface area contributed by atoms with Gasteiger partial charge in [-0.1, -0.05) is 12.8 Å². The van der Waals surface area contributed by atoms with E-state index in [4.69, 9.17) is 5.26 Å². The van der Waals surface area contributed by atoms with Gasteiger partial charge in [0, 0.05) is 6.20 Å². The third-order valence-corrected chi connectivity index (χ3v) is 4.68. The fourth-order valence-electron chi connectivity index (χ4n) is 4.01. The number of hydrogen-bond donors (Lipinski definition) is 0. The molecule has 0 saturated heterocycles. The zero-order valence-corrected chi connectivity index (χ0v) is 10.4. The highest BCUT2D eigenvalue weighted by atomic mass is 15.3. The van der Waals surface area contributed by atoms with Crippen LogP contribution >= 0.6 is 0 Å². The number of rotatable bonds is 2. The minimum Gasteiger partial charge on any atom is -0.265 e. The van der Waals surface area contributed by atoms with Crippen LogP contribution in [0.5, 0.6) is 0 Å². The minimum absolute atomic E-state index is 0.00729. The van der Waals surface area contributed by atoms with Crippen molar-refractivity contribution in [1.82, 2.24) is 9.78 Å². The van der Waals surface area contributed by atoms with Crippen molar-refractivity contribution in [3.8, 4) is 6.07 Å². The minimum atomic E-state index is 0.00729. The Morgan fingerprint density at radius 1 is 1.41 bits per heavy atom. The molecule has 0 radical (unpaired) electrons. The molecule has 1 aromatic rings. The van der Waals surface area contributed by atoms with Gasteiger partial charge in [0.2, 0.25) is 0 Å². The van der Waals surface area contributed by atoms with Crippen molar-refractivity contribution in [2.24, 2.45) is 5.41 Å². The quantitative estimate of drug-likeness (QED) is 0.781. The van der Waals surface area contributed by atoms with Crippen LogP contribution in [0.15, 0.2) is 12.4 Å². The molecule has 0 aromatic carbocycles. The second-order valence-electron chi connectivity index (χ2n) is 6.08. The molecule has 0 amide bonds. The van der Waals surface area contributed by atoms with Gasteiger partial charge >= 0.3 is 0 Å². The average Bonchev–Trinajstić information content (AvgIpc) is 2.86.